The molecule has 0 bridgehead atoms. The Balaban J connectivity index is 1.86. The summed E-state index contributed by atoms with van der Waals surface area (Å²) in [5, 5.41) is 27.9. The molecule has 0 aliphatic heterocycles. The topological polar surface area (TPSA) is 98.7 Å². The van der Waals surface area contributed by atoms with E-state index < -0.39 is 0 Å². The number of phenols is 2. The lowest BCUT2D eigenvalue weighted by Gasteiger charge is -2.28. The maximum Gasteiger partial charge on any atom is 0.255 e. The average Bonchev–Trinajstić information content (AvgIpc) is 2.82. The van der Waals surface area contributed by atoms with Crippen molar-refractivity contribution in [1.29, 1.82) is 0 Å². The number of carbonyl (C=O) groups excluding carboxylic acids is 2. The van der Waals surface area contributed by atoms with E-state index in [0.29, 0.717) is 22.5 Å². The van der Waals surface area contributed by atoms with Crippen molar-refractivity contribution >= 4 is 23.2 Å². The molecule has 0 unspecified atom stereocenters. The summed E-state index contributed by atoms with van der Waals surface area (Å²) in [6.07, 6.45) is 0. The van der Waals surface area contributed by atoms with Gasteiger partial charge in [0, 0.05) is 44.8 Å². The van der Waals surface area contributed by atoms with Gasteiger partial charge in [0.1, 0.15) is 11.5 Å². The minimum atomic E-state index is -0.348. The highest BCUT2D eigenvalue weighted by atomic mass is 16.3. The second kappa shape index (κ2) is 11.1. The monoisotopic (exact) mass is 572 g/mol. The molecule has 0 fully saturated rings. The molecule has 0 aliphatic carbocycles. The first kappa shape index (κ1) is 32.7. The van der Waals surface area contributed by atoms with Crippen LogP contribution in [0.3, 0.4) is 0 Å². The van der Waals surface area contributed by atoms with Crippen molar-refractivity contribution in [2.24, 2.45) is 0 Å². The molecule has 6 heteroatoms. The fourth-order valence-electron chi connectivity index (χ4n) is 4.86. The third kappa shape index (κ3) is 7.33. The fourth-order valence-corrected chi connectivity index (χ4v) is 4.86. The number of amides is 2. The largest absolute Gasteiger partial charge is 0.507 e. The van der Waals surface area contributed by atoms with Gasteiger partial charge in [-0.3, -0.25) is 9.59 Å². The quantitative estimate of drug-likeness (QED) is 0.251. The summed E-state index contributed by atoms with van der Waals surface area (Å²) in [6, 6.07) is 14.0. The maximum absolute atomic E-state index is 13.3. The van der Waals surface area contributed by atoms with Gasteiger partial charge in [0.25, 0.3) is 11.8 Å². The minimum Gasteiger partial charge on any atom is -0.507 e. The van der Waals surface area contributed by atoms with Gasteiger partial charge in [-0.1, -0.05) is 83.1 Å². The summed E-state index contributed by atoms with van der Waals surface area (Å²) in [6.45, 7) is 24.1. The number of phenolic OH excluding ortho intramolecular Hbond substituents is 2. The van der Waals surface area contributed by atoms with Crippen molar-refractivity contribution in [3.8, 4) is 11.5 Å². The van der Waals surface area contributed by atoms with Crippen LogP contribution in [0.15, 0.2) is 48.5 Å². The predicted molar refractivity (Wildman–Crippen MR) is 173 cm³/mol. The van der Waals surface area contributed by atoms with Crippen molar-refractivity contribution in [3.63, 3.8) is 0 Å². The van der Waals surface area contributed by atoms with Gasteiger partial charge in [0.2, 0.25) is 0 Å². The smallest absolute Gasteiger partial charge is 0.255 e. The number of hydrogen-bond acceptors (Lipinski definition) is 4. The number of nitrogens with one attached hydrogen (secondary N) is 2. The van der Waals surface area contributed by atoms with Crippen LogP contribution in [0.4, 0.5) is 11.4 Å². The molecule has 0 radical (unpaired) electrons. The summed E-state index contributed by atoms with van der Waals surface area (Å²) in [7, 11) is 0. The van der Waals surface area contributed by atoms with E-state index in [1.165, 1.54) is 0 Å². The Morgan fingerprint density at radius 1 is 0.476 bits per heavy atom. The van der Waals surface area contributed by atoms with Crippen LogP contribution in [0.25, 0.3) is 0 Å². The lowest BCUT2D eigenvalue weighted by Crippen LogP contribution is -2.21. The van der Waals surface area contributed by atoms with Crippen LogP contribution in [0, 0.1) is 0 Å². The van der Waals surface area contributed by atoms with E-state index in [1.54, 1.807) is 48.5 Å². The molecule has 3 aromatic rings. The van der Waals surface area contributed by atoms with Crippen LogP contribution >= 0.6 is 0 Å². The highest BCUT2D eigenvalue weighted by Crippen LogP contribution is 2.41. The summed E-state index contributed by atoms with van der Waals surface area (Å²) >= 11 is 0. The lowest BCUT2D eigenvalue weighted by atomic mass is 9.78. The Morgan fingerprint density at radius 3 is 0.881 bits per heavy atom. The normalized spacial score (nSPS) is 12.7. The van der Waals surface area contributed by atoms with Crippen molar-refractivity contribution in [1.82, 2.24) is 0 Å². The highest BCUT2D eigenvalue weighted by Gasteiger charge is 2.29. The fraction of sp³-hybridized carbons (Fsp3) is 0.444. The standard InChI is InChI=1S/C36H48N2O4/c1-33(2,3)25-17-21(18-26(29(25)39)34(4,5)6)31(41)37-23-13-15-24(16-14-23)38-32(42)22-19-27(35(7,8)9)30(40)28(20-22)36(10,11)12/h13-20,39-40H,1-12H3,(H,37,41)(H,38,42). The molecule has 4 N–H and O–H groups in total. The van der Waals surface area contributed by atoms with Crippen LogP contribution in [0.5, 0.6) is 11.5 Å². The van der Waals surface area contributed by atoms with Gasteiger partial charge in [0.05, 0.1) is 0 Å². The number of rotatable bonds is 4. The van der Waals surface area contributed by atoms with E-state index in [-0.39, 0.29) is 45.0 Å². The summed E-state index contributed by atoms with van der Waals surface area (Å²) < 4.78 is 0. The molecular formula is C36H48N2O4. The van der Waals surface area contributed by atoms with Gasteiger partial charge in [-0.15, -0.1) is 0 Å². The third-order valence-electron chi connectivity index (χ3n) is 7.38. The van der Waals surface area contributed by atoms with Crippen molar-refractivity contribution in [2.75, 3.05) is 10.6 Å². The van der Waals surface area contributed by atoms with E-state index in [0.717, 1.165) is 22.3 Å². The zero-order valence-corrected chi connectivity index (χ0v) is 27.3. The Labute approximate surface area is 251 Å². The van der Waals surface area contributed by atoms with Crippen LogP contribution in [0.1, 0.15) is 126 Å². The Hall–Kier alpha value is -3.80. The predicted octanol–water partition coefficient (Wildman–Crippen LogP) is 8.79. The minimum absolute atomic E-state index is 0.226. The first-order valence-electron chi connectivity index (χ1n) is 14.5. The third-order valence-corrected chi connectivity index (χ3v) is 7.38. The number of carbonyl (C=O) groups is 2. The second-order valence-electron chi connectivity index (χ2n) is 15.3. The molecule has 0 aliphatic rings. The van der Waals surface area contributed by atoms with Crippen LogP contribution in [0.2, 0.25) is 0 Å². The van der Waals surface area contributed by atoms with E-state index >= 15 is 0 Å². The molecule has 0 spiro atoms. The van der Waals surface area contributed by atoms with Crippen molar-refractivity contribution in [3.05, 3.63) is 81.9 Å². The van der Waals surface area contributed by atoms with E-state index in [2.05, 4.69) is 10.6 Å². The zero-order valence-electron chi connectivity index (χ0n) is 27.3. The first-order chi connectivity index (χ1) is 19.0. The van der Waals surface area contributed by atoms with E-state index in [4.69, 9.17) is 0 Å². The lowest BCUT2D eigenvalue weighted by molar-refractivity contribution is 0.101. The molecule has 226 valence electrons. The van der Waals surface area contributed by atoms with Crippen LogP contribution in [-0.4, -0.2) is 22.0 Å². The average molecular weight is 573 g/mol. The van der Waals surface area contributed by atoms with Gasteiger partial charge in [-0.2, -0.15) is 0 Å². The first-order valence-corrected chi connectivity index (χ1v) is 14.5. The molecule has 42 heavy (non-hydrogen) atoms. The maximum atomic E-state index is 13.3. The molecule has 0 aromatic heterocycles. The SMILES string of the molecule is CC(C)(C)c1cc(C(=O)Nc2ccc(NC(=O)c3cc(C(C)(C)C)c(O)c(C(C)(C)C)c3)cc2)cc(C(C)(C)C)c1O. The van der Waals surface area contributed by atoms with Crippen LogP contribution < -0.4 is 10.6 Å². The van der Waals surface area contributed by atoms with Gasteiger partial charge in [0.15, 0.2) is 0 Å². The van der Waals surface area contributed by atoms with Crippen LogP contribution in [-0.2, 0) is 21.7 Å². The molecule has 6 nitrogen and oxygen atoms in total. The number of anilines is 2. The highest BCUT2D eigenvalue weighted by molar-refractivity contribution is 6.06. The molecular weight excluding hydrogens is 524 g/mol. The molecule has 0 saturated carbocycles. The van der Waals surface area contributed by atoms with E-state index in [9.17, 15) is 19.8 Å². The van der Waals surface area contributed by atoms with Crippen molar-refractivity contribution in [2.45, 2.75) is 105 Å². The Morgan fingerprint density at radius 2 is 0.690 bits per heavy atom. The molecule has 0 saturated heterocycles. The summed E-state index contributed by atoms with van der Waals surface area (Å²) in [5.41, 5.74) is 3.58. The number of aromatic hydroxyl groups is 2. The summed E-state index contributed by atoms with van der Waals surface area (Å²) in [5.74, 6) is -0.110. The zero-order chi connectivity index (χ0) is 32.0. The van der Waals surface area contributed by atoms with Gasteiger partial charge in [-0.05, 0) is 70.2 Å². The molecule has 3 aromatic carbocycles. The molecule has 2 amide bonds. The van der Waals surface area contributed by atoms with Gasteiger partial charge < -0.3 is 20.8 Å². The van der Waals surface area contributed by atoms with Gasteiger partial charge >= 0.3 is 0 Å². The summed E-state index contributed by atoms with van der Waals surface area (Å²) in [4.78, 5) is 26.6. The van der Waals surface area contributed by atoms with E-state index in [1.807, 2.05) is 83.1 Å². The molecule has 0 atom stereocenters. The molecule has 0 heterocycles. The van der Waals surface area contributed by atoms with Crippen molar-refractivity contribution < 1.29 is 19.8 Å². The van der Waals surface area contributed by atoms with Gasteiger partial charge in [-0.25, -0.2) is 0 Å². The number of hydrogen-bond donors (Lipinski definition) is 4. The molecule has 3 rings (SSSR count). The number of benzene rings is 3. The second-order valence-corrected chi connectivity index (χ2v) is 15.3. The Bertz CT molecular complexity index is 1310. The Kier molecular flexibility index (Phi) is 8.66.